The van der Waals surface area contributed by atoms with Gasteiger partial charge in [0.25, 0.3) is 0 Å². The third-order valence-electron chi connectivity index (χ3n) is 2.71. The molecule has 1 aromatic heterocycles. The maximum atomic E-state index is 13.2. The Kier molecular flexibility index (Phi) is 3.21. The van der Waals surface area contributed by atoms with Gasteiger partial charge in [-0.2, -0.15) is 5.10 Å². The number of nitrogens with zero attached hydrogens (tertiary/aromatic N) is 2. The molecule has 17 heavy (non-hydrogen) atoms. The minimum absolute atomic E-state index is 0.217. The molecule has 0 saturated heterocycles. The summed E-state index contributed by atoms with van der Waals surface area (Å²) in [6.45, 7) is 1.73. The molecule has 1 heterocycles. The Morgan fingerprint density at radius 2 is 2.18 bits per heavy atom. The smallest absolute Gasteiger partial charge is 0.126 e. The molecule has 0 aliphatic rings. The fourth-order valence-electron chi connectivity index (χ4n) is 1.79. The van der Waals surface area contributed by atoms with Crippen LogP contribution in [0.4, 0.5) is 4.39 Å². The predicted octanol–water partition coefficient (Wildman–Crippen LogP) is 1.42. The predicted molar refractivity (Wildman–Crippen MR) is 63.5 cm³/mol. The number of nitrogens with two attached hydrogens (primary N) is 1. The third-order valence-corrected chi connectivity index (χ3v) is 2.71. The molecule has 0 saturated carbocycles. The molecule has 2 aromatic rings. The van der Waals surface area contributed by atoms with E-state index in [1.54, 1.807) is 23.7 Å². The average molecular weight is 234 g/mol. The Hall–Kier alpha value is -1.72. The molecule has 1 unspecified atom stereocenters. The Balaban J connectivity index is 2.38. The summed E-state index contributed by atoms with van der Waals surface area (Å²) in [4.78, 5) is 0. The molecule has 0 aliphatic heterocycles. The van der Waals surface area contributed by atoms with E-state index >= 15 is 0 Å². The number of hydrazine groups is 1. The zero-order chi connectivity index (χ0) is 12.4. The Labute approximate surface area is 99.2 Å². The van der Waals surface area contributed by atoms with Crippen LogP contribution in [0.15, 0.2) is 30.5 Å². The molecule has 5 heteroatoms. The number of aryl methyl sites for hydroxylation is 2. The van der Waals surface area contributed by atoms with Gasteiger partial charge in [0.05, 0.1) is 11.7 Å². The normalized spacial score (nSPS) is 12.7. The van der Waals surface area contributed by atoms with Gasteiger partial charge in [0.1, 0.15) is 5.82 Å². The van der Waals surface area contributed by atoms with Gasteiger partial charge in [-0.25, -0.2) is 9.82 Å². The van der Waals surface area contributed by atoms with E-state index in [9.17, 15) is 4.39 Å². The van der Waals surface area contributed by atoms with E-state index in [1.165, 1.54) is 6.07 Å². The summed E-state index contributed by atoms with van der Waals surface area (Å²) in [5, 5.41) is 4.29. The Bertz CT molecular complexity index is 521. The zero-order valence-electron chi connectivity index (χ0n) is 9.81. The molecule has 0 aliphatic carbocycles. The van der Waals surface area contributed by atoms with Gasteiger partial charge in [0.2, 0.25) is 0 Å². The van der Waals surface area contributed by atoms with E-state index in [0.29, 0.717) is 5.56 Å². The van der Waals surface area contributed by atoms with Crippen molar-refractivity contribution in [1.29, 1.82) is 0 Å². The van der Waals surface area contributed by atoms with Crippen LogP contribution < -0.4 is 11.3 Å². The molecule has 3 N–H and O–H groups in total. The standard InChI is InChI=1S/C12H15FN4/c1-8-7-9(3-4-10(8)13)12(15-14)11-5-6-17(2)16-11/h3-7,12,15H,14H2,1-2H3. The topological polar surface area (TPSA) is 55.9 Å². The first-order valence-corrected chi connectivity index (χ1v) is 5.33. The van der Waals surface area contributed by atoms with Crippen molar-refractivity contribution in [3.8, 4) is 0 Å². The maximum absolute atomic E-state index is 13.2. The van der Waals surface area contributed by atoms with Gasteiger partial charge >= 0.3 is 0 Å². The van der Waals surface area contributed by atoms with Crippen molar-refractivity contribution in [2.75, 3.05) is 0 Å². The molecule has 2 rings (SSSR count). The van der Waals surface area contributed by atoms with Crippen LogP contribution in [0.25, 0.3) is 0 Å². The second-order valence-corrected chi connectivity index (χ2v) is 4.02. The van der Waals surface area contributed by atoms with Crippen molar-refractivity contribution in [3.63, 3.8) is 0 Å². The number of nitrogens with one attached hydrogen (secondary N) is 1. The Morgan fingerprint density at radius 3 is 2.71 bits per heavy atom. The summed E-state index contributed by atoms with van der Waals surface area (Å²) in [5.41, 5.74) is 4.99. The highest BCUT2D eigenvalue weighted by atomic mass is 19.1. The first-order valence-electron chi connectivity index (χ1n) is 5.33. The van der Waals surface area contributed by atoms with Gasteiger partial charge in [-0.1, -0.05) is 12.1 Å². The molecule has 90 valence electrons. The first-order chi connectivity index (χ1) is 8.11. The molecule has 4 nitrogen and oxygen atoms in total. The monoisotopic (exact) mass is 234 g/mol. The first kappa shape index (κ1) is 11.8. The maximum Gasteiger partial charge on any atom is 0.126 e. The van der Waals surface area contributed by atoms with Crippen molar-refractivity contribution in [1.82, 2.24) is 15.2 Å². The van der Waals surface area contributed by atoms with E-state index < -0.39 is 0 Å². The van der Waals surface area contributed by atoms with Gasteiger partial charge in [-0.05, 0) is 30.2 Å². The molecule has 1 atom stereocenters. The van der Waals surface area contributed by atoms with Crippen LogP contribution in [0, 0.1) is 12.7 Å². The van der Waals surface area contributed by atoms with E-state index in [1.807, 2.05) is 19.3 Å². The summed E-state index contributed by atoms with van der Waals surface area (Å²) in [7, 11) is 1.84. The van der Waals surface area contributed by atoms with E-state index in [-0.39, 0.29) is 11.9 Å². The average Bonchev–Trinajstić information content (AvgIpc) is 2.71. The Morgan fingerprint density at radius 1 is 1.41 bits per heavy atom. The summed E-state index contributed by atoms with van der Waals surface area (Å²) < 4.78 is 14.9. The van der Waals surface area contributed by atoms with Crippen LogP contribution in [-0.2, 0) is 7.05 Å². The highest BCUT2D eigenvalue weighted by molar-refractivity contribution is 5.31. The van der Waals surface area contributed by atoms with Gasteiger partial charge in [0, 0.05) is 13.2 Å². The van der Waals surface area contributed by atoms with Gasteiger partial charge < -0.3 is 0 Å². The summed E-state index contributed by atoms with van der Waals surface area (Å²) >= 11 is 0. The number of rotatable bonds is 3. The van der Waals surface area contributed by atoms with Gasteiger partial charge in [0.15, 0.2) is 0 Å². The van der Waals surface area contributed by atoms with E-state index in [0.717, 1.165) is 11.3 Å². The molecule has 1 aromatic carbocycles. The molecular weight excluding hydrogens is 219 g/mol. The minimum atomic E-state index is -0.226. The second kappa shape index (κ2) is 4.65. The van der Waals surface area contributed by atoms with Gasteiger partial charge in [-0.15, -0.1) is 0 Å². The van der Waals surface area contributed by atoms with E-state index in [4.69, 9.17) is 5.84 Å². The van der Waals surface area contributed by atoms with Crippen molar-refractivity contribution in [2.45, 2.75) is 13.0 Å². The van der Waals surface area contributed by atoms with Crippen LogP contribution in [0.5, 0.6) is 0 Å². The number of hydrogen-bond donors (Lipinski definition) is 2. The lowest BCUT2D eigenvalue weighted by atomic mass is 10.0. The van der Waals surface area contributed by atoms with Crippen molar-refractivity contribution < 1.29 is 4.39 Å². The zero-order valence-corrected chi connectivity index (χ0v) is 9.81. The third kappa shape index (κ3) is 2.35. The van der Waals surface area contributed by atoms with Crippen molar-refractivity contribution in [2.24, 2.45) is 12.9 Å². The number of halogens is 1. The van der Waals surface area contributed by atoms with Crippen LogP contribution in [0.1, 0.15) is 22.9 Å². The van der Waals surface area contributed by atoms with Crippen molar-refractivity contribution in [3.05, 3.63) is 53.1 Å². The molecule has 0 amide bonds. The number of benzene rings is 1. The van der Waals surface area contributed by atoms with Gasteiger partial charge in [-0.3, -0.25) is 10.5 Å². The fraction of sp³-hybridized carbons (Fsp3) is 0.250. The SMILES string of the molecule is Cc1cc(C(NN)c2ccn(C)n2)ccc1F. The highest BCUT2D eigenvalue weighted by Crippen LogP contribution is 2.21. The largest absolute Gasteiger partial charge is 0.275 e. The minimum Gasteiger partial charge on any atom is -0.275 e. The summed E-state index contributed by atoms with van der Waals surface area (Å²) in [6.07, 6.45) is 1.84. The van der Waals surface area contributed by atoms with Crippen LogP contribution >= 0.6 is 0 Å². The van der Waals surface area contributed by atoms with Crippen LogP contribution in [0.2, 0.25) is 0 Å². The quantitative estimate of drug-likeness (QED) is 0.624. The second-order valence-electron chi connectivity index (χ2n) is 4.02. The molecule has 0 radical (unpaired) electrons. The highest BCUT2D eigenvalue weighted by Gasteiger charge is 2.15. The van der Waals surface area contributed by atoms with E-state index in [2.05, 4.69) is 10.5 Å². The summed E-state index contributed by atoms with van der Waals surface area (Å²) in [6, 6.07) is 6.58. The number of aromatic nitrogens is 2. The molecule has 0 spiro atoms. The van der Waals surface area contributed by atoms with Crippen molar-refractivity contribution >= 4 is 0 Å². The lowest BCUT2D eigenvalue weighted by Gasteiger charge is -2.14. The molecular formula is C12H15FN4. The molecule has 0 fully saturated rings. The lowest BCUT2D eigenvalue weighted by Crippen LogP contribution is -2.29. The fourth-order valence-corrected chi connectivity index (χ4v) is 1.79. The van der Waals surface area contributed by atoms with Crippen LogP contribution in [0.3, 0.4) is 0 Å². The lowest BCUT2D eigenvalue weighted by molar-refractivity contribution is 0.593. The number of hydrogen-bond acceptors (Lipinski definition) is 3. The summed E-state index contributed by atoms with van der Waals surface area (Å²) in [5.74, 6) is 5.32. The molecule has 0 bridgehead atoms. The van der Waals surface area contributed by atoms with Crippen LogP contribution in [-0.4, -0.2) is 9.78 Å².